The van der Waals surface area contributed by atoms with Gasteiger partial charge in [-0.05, 0) is 49.1 Å². The zero-order valence-electron chi connectivity index (χ0n) is 22.9. The van der Waals surface area contributed by atoms with Crippen LogP contribution in [0, 0.1) is 12.8 Å². The molecule has 13 nitrogen and oxygen atoms in total. The fraction of sp³-hybridized carbons (Fsp3) is 0.370. The van der Waals surface area contributed by atoms with Gasteiger partial charge in [-0.1, -0.05) is 25.1 Å². The number of carboxylic acid groups (broad SMARTS) is 1. The Morgan fingerprint density at radius 3 is 2.54 bits per heavy atom. The van der Waals surface area contributed by atoms with Crippen LogP contribution < -0.4 is 15.4 Å². The maximum absolute atomic E-state index is 13.3. The van der Waals surface area contributed by atoms with E-state index in [-0.39, 0.29) is 30.8 Å². The summed E-state index contributed by atoms with van der Waals surface area (Å²) in [6, 6.07) is 10.4. The van der Waals surface area contributed by atoms with Gasteiger partial charge < -0.3 is 20.6 Å². The highest BCUT2D eigenvalue weighted by Gasteiger charge is 2.37. The molecule has 3 amide bonds. The molecule has 4 N–H and O–H groups in total. The molecule has 1 saturated heterocycles. The molecule has 0 radical (unpaired) electrons. The van der Waals surface area contributed by atoms with Crippen LogP contribution in [0.1, 0.15) is 36.3 Å². The zero-order chi connectivity index (χ0) is 29.7. The van der Waals surface area contributed by atoms with Gasteiger partial charge >= 0.3 is 12.0 Å². The number of aryl methyl sites for hydroxylation is 1. The van der Waals surface area contributed by atoms with Crippen LogP contribution in [-0.4, -0.2) is 69.9 Å². The van der Waals surface area contributed by atoms with Crippen LogP contribution in [0.25, 0.3) is 0 Å². The van der Waals surface area contributed by atoms with Crippen molar-refractivity contribution in [3.05, 3.63) is 71.8 Å². The highest BCUT2D eigenvalue weighted by atomic mass is 32.2. The Morgan fingerprint density at radius 2 is 1.88 bits per heavy atom. The third-order valence-corrected chi connectivity index (χ3v) is 7.53. The predicted molar refractivity (Wildman–Crippen MR) is 152 cm³/mol. The topological polar surface area (TPSA) is 176 Å². The first kappa shape index (κ1) is 29.7. The minimum Gasteiger partial charge on any atom is -0.480 e. The van der Waals surface area contributed by atoms with Crippen molar-refractivity contribution in [1.29, 1.82) is 0 Å². The number of para-hydroxylation sites is 1. The van der Waals surface area contributed by atoms with Crippen LogP contribution in [0.2, 0.25) is 0 Å². The normalized spacial score (nSPS) is 17.7. The van der Waals surface area contributed by atoms with Crippen LogP contribution in [-0.2, 0) is 32.6 Å². The number of aliphatic carboxylic acids is 1. The van der Waals surface area contributed by atoms with Crippen molar-refractivity contribution in [3.63, 3.8) is 0 Å². The summed E-state index contributed by atoms with van der Waals surface area (Å²) < 4.78 is 26.5. The van der Waals surface area contributed by atoms with Gasteiger partial charge in [0.2, 0.25) is 15.9 Å². The molecule has 0 saturated carbocycles. The van der Waals surface area contributed by atoms with Gasteiger partial charge in [0, 0.05) is 24.1 Å². The number of likely N-dealkylation sites (tertiary alicyclic amines) is 1. The molecule has 3 aromatic rings. The molecule has 3 unspecified atom stereocenters. The molecule has 2 aromatic heterocycles. The fourth-order valence-corrected chi connectivity index (χ4v) is 5.48. The van der Waals surface area contributed by atoms with E-state index in [9.17, 15) is 27.9 Å². The number of amides is 3. The van der Waals surface area contributed by atoms with Crippen LogP contribution >= 0.6 is 0 Å². The number of pyridine rings is 1. The van der Waals surface area contributed by atoms with Gasteiger partial charge in [-0.2, -0.15) is 9.82 Å². The van der Waals surface area contributed by atoms with Crippen LogP contribution in [0.15, 0.2) is 54.9 Å². The van der Waals surface area contributed by atoms with Gasteiger partial charge in [-0.25, -0.2) is 13.2 Å². The second kappa shape index (κ2) is 12.5. The van der Waals surface area contributed by atoms with Crippen molar-refractivity contribution in [2.45, 2.75) is 45.3 Å². The number of aromatic nitrogens is 3. The SMILES string of the molecule is Cc1ccccc1NC(=O)Nc1ccc(CC(=O)N2CCC(C)C2c2ccn(CC(NS(C)(=O)=O)C(=O)O)n2)nc1. The van der Waals surface area contributed by atoms with Crippen LogP contribution in [0.3, 0.4) is 0 Å². The minimum absolute atomic E-state index is 0.0545. The quantitative estimate of drug-likeness (QED) is 0.281. The Morgan fingerprint density at radius 1 is 1.12 bits per heavy atom. The number of carbonyl (C=O) groups is 3. The first-order valence-corrected chi connectivity index (χ1v) is 14.9. The first-order chi connectivity index (χ1) is 19.4. The summed E-state index contributed by atoms with van der Waals surface area (Å²) in [4.78, 5) is 43.2. The largest absolute Gasteiger partial charge is 0.480 e. The third-order valence-electron chi connectivity index (χ3n) is 6.82. The van der Waals surface area contributed by atoms with E-state index in [1.807, 2.05) is 38.1 Å². The van der Waals surface area contributed by atoms with E-state index in [1.54, 1.807) is 29.3 Å². The molecule has 0 aliphatic carbocycles. The summed E-state index contributed by atoms with van der Waals surface area (Å²) in [5.41, 5.74) is 3.26. The van der Waals surface area contributed by atoms with Crippen LogP contribution in [0.5, 0.6) is 0 Å². The Bertz CT molecular complexity index is 1520. The number of urea groups is 1. The molecule has 0 spiro atoms. The number of carbonyl (C=O) groups excluding carboxylic acids is 2. The van der Waals surface area contributed by atoms with Gasteiger partial charge in [0.15, 0.2) is 0 Å². The Hall–Kier alpha value is -4.30. The molecule has 1 aliphatic heterocycles. The van der Waals surface area contributed by atoms with Crippen LogP contribution in [0.4, 0.5) is 16.2 Å². The summed E-state index contributed by atoms with van der Waals surface area (Å²) in [6.45, 7) is 4.24. The monoisotopic (exact) mass is 583 g/mol. The lowest BCUT2D eigenvalue weighted by molar-refractivity contribution is -0.139. The van der Waals surface area contributed by atoms with Gasteiger partial charge in [0.05, 0.1) is 42.8 Å². The van der Waals surface area contributed by atoms with E-state index >= 15 is 0 Å². The molecular weight excluding hydrogens is 550 g/mol. The molecule has 3 heterocycles. The smallest absolute Gasteiger partial charge is 0.323 e. The number of nitrogens with zero attached hydrogens (tertiary/aromatic N) is 4. The molecule has 1 fully saturated rings. The molecule has 14 heteroatoms. The molecule has 3 atom stereocenters. The molecule has 218 valence electrons. The Kier molecular flexibility index (Phi) is 9.03. The number of hydrogen-bond acceptors (Lipinski definition) is 7. The van der Waals surface area contributed by atoms with E-state index in [1.165, 1.54) is 10.9 Å². The number of anilines is 2. The summed E-state index contributed by atoms with van der Waals surface area (Å²) in [5.74, 6) is -1.35. The molecule has 1 aliphatic rings. The van der Waals surface area contributed by atoms with Gasteiger partial charge in [0.1, 0.15) is 6.04 Å². The van der Waals surface area contributed by atoms with Gasteiger partial charge in [0.25, 0.3) is 0 Å². The lowest BCUT2D eigenvalue weighted by atomic mass is 10.00. The first-order valence-electron chi connectivity index (χ1n) is 13.0. The molecule has 41 heavy (non-hydrogen) atoms. The van der Waals surface area contributed by atoms with Crippen molar-refractivity contribution in [2.75, 3.05) is 23.4 Å². The van der Waals surface area contributed by atoms with Crippen molar-refractivity contribution in [1.82, 2.24) is 24.4 Å². The predicted octanol–water partition coefficient (Wildman–Crippen LogP) is 2.39. The van der Waals surface area contributed by atoms with Gasteiger partial charge in [-0.3, -0.25) is 19.3 Å². The van der Waals surface area contributed by atoms with E-state index in [4.69, 9.17) is 0 Å². The maximum Gasteiger partial charge on any atom is 0.323 e. The molecule has 4 rings (SSSR count). The van der Waals surface area contributed by atoms with E-state index < -0.39 is 28.1 Å². The average molecular weight is 584 g/mol. The van der Waals surface area contributed by atoms with E-state index in [0.29, 0.717) is 29.3 Å². The maximum atomic E-state index is 13.3. The second-order valence-corrected chi connectivity index (χ2v) is 11.9. The number of carboxylic acids is 1. The Balaban J connectivity index is 1.37. The summed E-state index contributed by atoms with van der Waals surface area (Å²) in [5, 5.41) is 19.4. The van der Waals surface area contributed by atoms with Crippen molar-refractivity contribution in [3.8, 4) is 0 Å². The molecular formula is C27H33N7O6S. The van der Waals surface area contributed by atoms with E-state index in [0.717, 1.165) is 18.2 Å². The standard InChI is InChI=1S/C27H33N7O6S/c1-17-6-4-5-7-21(17)30-27(38)29-20-9-8-19(28-15-20)14-24(35)34-13-10-18(2)25(34)22-11-12-33(31-22)16-23(26(36)37)32-41(3,39)40/h4-9,11-12,15,18,23,25,32H,10,13-14,16H2,1-3H3,(H,36,37)(H2,29,30,38). The van der Waals surface area contributed by atoms with Crippen molar-refractivity contribution in [2.24, 2.45) is 5.92 Å². The fourth-order valence-electron chi connectivity index (χ4n) is 4.78. The highest BCUT2D eigenvalue weighted by Crippen LogP contribution is 2.36. The molecule has 1 aromatic carbocycles. The summed E-state index contributed by atoms with van der Waals surface area (Å²) in [6.07, 6.45) is 4.78. The number of sulfonamides is 1. The minimum atomic E-state index is -3.73. The summed E-state index contributed by atoms with van der Waals surface area (Å²) >= 11 is 0. The van der Waals surface area contributed by atoms with Gasteiger partial charge in [-0.15, -0.1) is 0 Å². The molecule has 0 bridgehead atoms. The lowest BCUT2D eigenvalue weighted by Crippen LogP contribution is -2.43. The third kappa shape index (κ3) is 7.89. The van der Waals surface area contributed by atoms with Crippen molar-refractivity contribution >= 4 is 39.3 Å². The van der Waals surface area contributed by atoms with E-state index in [2.05, 4.69) is 25.4 Å². The Labute approximate surface area is 238 Å². The highest BCUT2D eigenvalue weighted by molar-refractivity contribution is 7.88. The summed E-state index contributed by atoms with van der Waals surface area (Å²) in [7, 11) is -3.73. The number of hydrogen-bond donors (Lipinski definition) is 4. The number of benzene rings is 1. The lowest BCUT2D eigenvalue weighted by Gasteiger charge is -2.25. The zero-order valence-corrected chi connectivity index (χ0v) is 23.8. The number of rotatable bonds is 10. The van der Waals surface area contributed by atoms with Crippen molar-refractivity contribution < 1.29 is 27.9 Å². The second-order valence-electron chi connectivity index (χ2n) is 10.2. The average Bonchev–Trinajstić information content (AvgIpc) is 3.51. The number of nitrogens with one attached hydrogen (secondary N) is 3.